The maximum absolute atomic E-state index is 5.09. The molecule has 0 spiro atoms. The van der Waals surface area contributed by atoms with Crippen LogP contribution in [0, 0.1) is 0 Å². The van der Waals surface area contributed by atoms with Gasteiger partial charge in [-0.3, -0.25) is 29.9 Å². The summed E-state index contributed by atoms with van der Waals surface area (Å²) in [6.07, 6.45) is 11.3. The molecule has 0 amide bonds. The fraction of sp³-hybridized carbons (Fsp3) is 0. The van der Waals surface area contributed by atoms with Crippen LogP contribution >= 0.6 is 0 Å². The van der Waals surface area contributed by atoms with E-state index in [2.05, 4.69) is 160 Å². The summed E-state index contributed by atoms with van der Waals surface area (Å²) in [7, 11) is 0. The van der Waals surface area contributed by atoms with Gasteiger partial charge in [0.25, 0.3) is 0 Å². The third-order valence-electron chi connectivity index (χ3n) is 12.0. The van der Waals surface area contributed by atoms with E-state index in [4.69, 9.17) is 29.9 Å². The van der Waals surface area contributed by atoms with E-state index in [1.807, 2.05) is 55.4 Å². The van der Waals surface area contributed by atoms with Gasteiger partial charge in [0.1, 0.15) is 0 Å². The standard InChI is InChI=1S/C54H33N9/c1-10-40-28-41(11-1)62(47-26-38-20-17-35-8-5-23-56-50(35)53(38)59-32-47)43-13-3-15-45(30-43)63(48-27-39-21-18-36-9-6-24-57-51(36)54(39)60-33-48)44-14-2-12-42(29-44)61(40)46-25-37-19-16-34-7-4-22-55-49(34)52(37)58-31-46/h1-33H. The molecule has 7 heterocycles. The minimum Gasteiger partial charge on any atom is -0.309 e. The van der Waals surface area contributed by atoms with E-state index in [-0.39, 0.29) is 0 Å². The Morgan fingerprint density at radius 1 is 0.222 bits per heavy atom. The summed E-state index contributed by atoms with van der Waals surface area (Å²) >= 11 is 0. The molecule has 0 atom stereocenters. The second-order valence-corrected chi connectivity index (χ2v) is 15.8. The van der Waals surface area contributed by atoms with Crippen molar-refractivity contribution in [2.24, 2.45) is 0 Å². The van der Waals surface area contributed by atoms with Crippen molar-refractivity contribution < 1.29 is 0 Å². The number of aromatic nitrogens is 6. The van der Waals surface area contributed by atoms with E-state index in [0.717, 1.165) is 117 Å². The van der Waals surface area contributed by atoms with Crippen LogP contribution in [0.5, 0.6) is 0 Å². The third kappa shape index (κ3) is 5.71. The predicted octanol–water partition coefficient (Wildman–Crippen LogP) is 13.7. The molecule has 294 valence electrons. The lowest BCUT2D eigenvalue weighted by Gasteiger charge is -2.33. The number of nitrogens with zero attached hydrogens (tertiary/aromatic N) is 9. The van der Waals surface area contributed by atoms with Crippen molar-refractivity contribution >= 4 is 117 Å². The first-order valence-corrected chi connectivity index (χ1v) is 20.8. The Kier molecular flexibility index (Phi) is 7.70. The summed E-state index contributed by atoms with van der Waals surface area (Å²) < 4.78 is 0. The van der Waals surface area contributed by atoms with Gasteiger partial charge < -0.3 is 14.7 Å². The fourth-order valence-corrected chi connectivity index (χ4v) is 9.20. The fourth-order valence-electron chi connectivity index (χ4n) is 9.20. The smallest absolute Gasteiger partial charge is 0.0966 e. The molecule has 6 aromatic heterocycles. The molecule has 0 saturated heterocycles. The second kappa shape index (κ2) is 13.9. The number of fused-ring (bicyclic) bond motifs is 15. The summed E-state index contributed by atoms with van der Waals surface area (Å²) in [6, 6.07) is 57.5. The molecule has 0 saturated carbocycles. The Morgan fingerprint density at radius 2 is 0.492 bits per heavy atom. The Labute approximate surface area is 360 Å². The minimum atomic E-state index is 0.864. The number of rotatable bonds is 3. The molecule has 0 aliphatic carbocycles. The number of benzene rings is 6. The topological polar surface area (TPSA) is 87.1 Å². The summed E-state index contributed by atoms with van der Waals surface area (Å²) in [5, 5.41) is 6.18. The lowest BCUT2D eigenvalue weighted by atomic mass is 10.1. The highest BCUT2D eigenvalue weighted by molar-refractivity contribution is 6.06. The zero-order chi connectivity index (χ0) is 41.4. The zero-order valence-corrected chi connectivity index (χ0v) is 33.6. The van der Waals surface area contributed by atoms with Crippen LogP contribution in [0.1, 0.15) is 0 Å². The van der Waals surface area contributed by atoms with Crippen LogP contribution in [0.3, 0.4) is 0 Å². The summed E-state index contributed by atoms with van der Waals surface area (Å²) in [6.45, 7) is 0. The van der Waals surface area contributed by atoms with Crippen LogP contribution in [-0.2, 0) is 0 Å². The first-order valence-electron chi connectivity index (χ1n) is 20.8. The molecule has 0 radical (unpaired) electrons. The van der Waals surface area contributed by atoms with Crippen molar-refractivity contribution in [2.75, 3.05) is 14.7 Å². The predicted molar refractivity (Wildman–Crippen MR) is 256 cm³/mol. The highest BCUT2D eigenvalue weighted by Gasteiger charge is 2.24. The first kappa shape index (κ1) is 35.0. The largest absolute Gasteiger partial charge is 0.309 e. The van der Waals surface area contributed by atoms with E-state index >= 15 is 0 Å². The van der Waals surface area contributed by atoms with Crippen LogP contribution in [0.4, 0.5) is 51.2 Å². The van der Waals surface area contributed by atoms with Gasteiger partial charge in [-0.05, 0) is 91.0 Å². The monoisotopic (exact) mass is 807 g/mol. The van der Waals surface area contributed by atoms with Gasteiger partial charge in [-0.1, -0.05) is 72.8 Å². The van der Waals surface area contributed by atoms with Crippen LogP contribution in [0.25, 0.3) is 65.4 Å². The van der Waals surface area contributed by atoms with Gasteiger partial charge in [0.05, 0.1) is 68.8 Å². The van der Waals surface area contributed by atoms with Gasteiger partial charge in [-0.2, -0.15) is 0 Å². The van der Waals surface area contributed by atoms with Crippen molar-refractivity contribution in [1.29, 1.82) is 0 Å². The Bertz CT molecular complexity index is 3360. The quantitative estimate of drug-likeness (QED) is 0.162. The minimum absolute atomic E-state index is 0.864. The van der Waals surface area contributed by atoms with Gasteiger partial charge in [0.2, 0.25) is 0 Å². The molecule has 13 rings (SSSR count). The van der Waals surface area contributed by atoms with E-state index < -0.39 is 0 Å². The molecule has 12 aromatic rings. The van der Waals surface area contributed by atoms with Gasteiger partial charge >= 0.3 is 0 Å². The second-order valence-electron chi connectivity index (χ2n) is 15.8. The van der Waals surface area contributed by atoms with Gasteiger partial charge in [0, 0.05) is 85.0 Å². The average Bonchev–Trinajstić information content (AvgIpc) is 3.34. The van der Waals surface area contributed by atoms with E-state index in [1.165, 1.54) is 0 Å². The highest BCUT2D eigenvalue weighted by Crippen LogP contribution is 2.46. The van der Waals surface area contributed by atoms with Crippen molar-refractivity contribution in [1.82, 2.24) is 29.9 Å². The number of hydrogen-bond donors (Lipinski definition) is 0. The van der Waals surface area contributed by atoms with E-state index in [9.17, 15) is 0 Å². The van der Waals surface area contributed by atoms with Gasteiger partial charge in [-0.25, -0.2) is 0 Å². The van der Waals surface area contributed by atoms with Crippen LogP contribution < -0.4 is 14.7 Å². The summed E-state index contributed by atoms with van der Waals surface area (Å²) in [4.78, 5) is 36.2. The molecule has 9 nitrogen and oxygen atoms in total. The SMILES string of the molecule is c1cc2cc(c1)N(c1cnc3c(ccc4cccnc43)c1)c1cccc(c1)N(c1cnc3c(ccc4cccnc43)c1)c1cccc(c1)N2c1cnc2c(ccc3cccnc32)c1. The first-order chi connectivity index (χ1) is 31.2. The molecular formula is C54H33N9. The summed E-state index contributed by atoms with van der Waals surface area (Å²) in [5.41, 5.74) is 13.8. The molecule has 6 bridgehead atoms. The molecule has 0 unspecified atom stereocenters. The molecule has 1 aliphatic heterocycles. The van der Waals surface area contributed by atoms with Crippen LogP contribution in [0.2, 0.25) is 0 Å². The number of anilines is 9. The molecule has 6 aromatic carbocycles. The summed E-state index contributed by atoms with van der Waals surface area (Å²) in [5.74, 6) is 0. The molecule has 9 heteroatoms. The lowest BCUT2D eigenvalue weighted by molar-refractivity contribution is 1.20. The Morgan fingerprint density at radius 3 is 0.794 bits per heavy atom. The number of pyridine rings is 6. The Hall–Kier alpha value is -8.82. The van der Waals surface area contributed by atoms with Crippen molar-refractivity contribution in [3.8, 4) is 0 Å². The maximum atomic E-state index is 5.09. The molecular weight excluding hydrogens is 775 g/mol. The van der Waals surface area contributed by atoms with E-state index in [0.29, 0.717) is 0 Å². The van der Waals surface area contributed by atoms with Gasteiger partial charge in [-0.15, -0.1) is 0 Å². The molecule has 0 fully saturated rings. The zero-order valence-electron chi connectivity index (χ0n) is 33.6. The molecule has 1 aliphatic rings. The van der Waals surface area contributed by atoms with Crippen molar-refractivity contribution in [3.63, 3.8) is 0 Å². The number of hydrogen-bond acceptors (Lipinski definition) is 9. The Balaban J connectivity index is 1.06. The van der Waals surface area contributed by atoms with Crippen molar-refractivity contribution in [3.05, 3.63) is 201 Å². The lowest BCUT2D eigenvalue weighted by Crippen LogP contribution is -2.17. The van der Waals surface area contributed by atoms with Crippen LogP contribution in [-0.4, -0.2) is 29.9 Å². The van der Waals surface area contributed by atoms with Gasteiger partial charge in [0.15, 0.2) is 0 Å². The van der Waals surface area contributed by atoms with Crippen molar-refractivity contribution in [2.45, 2.75) is 0 Å². The normalized spacial score (nSPS) is 12.7. The maximum Gasteiger partial charge on any atom is 0.0966 e. The van der Waals surface area contributed by atoms with E-state index in [1.54, 1.807) is 0 Å². The molecule has 0 N–H and O–H groups in total. The average molecular weight is 808 g/mol. The highest BCUT2D eigenvalue weighted by atomic mass is 15.2. The van der Waals surface area contributed by atoms with Crippen LogP contribution in [0.15, 0.2) is 201 Å². The molecule has 63 heavy (non-hydrogen) atoms. The third-order valence-corrected chi connectivity index (χ3v) is 12.0.